The van der Waals surface area contributed by atoms with Crippen LogP contribution < -0.4 is 9.47 Å². The lowest BCUT2D eigenvalue weighted by Gasteiger charge is -2.74. The predicted octanol–water partition coefficient (Wildman–Crippen LogP) is 4.33. The van der Waals surface area contributed by atoms with Crippen LogP contribution in [0.2, 0.25) is 0 Å². The van der Waals surface area contributed by atoms with Crippen molar-refractivity contribution < 1.29 is 19.3 Å². The molecule has 0 aromatic heterocycles. The lowest BCUT2D eigenvalue weighted by Crippen LogP contribution is -2.81. The second-order valence-electron chi connectivity index (χ2n) is 12.8. The Bertz CT molecular complexity index is 1010. The van der Waals surface area contributed by atoms with Crippen molar-refractivity contribution in [1.29, 1.82) is 0 Å². The van der Waals surface area contributed by atoms with Crippen LogP contribution in [0, 0.1) is 23.2 Å². The average Bonchev–Trinajstić information content (AvgIpc) is 3.57. The summed E-state index contributed by atoms with van der Waals surface area (Å²) in [5.74, 6) is 3.30. The predicted molar refractivity (Wildman–Crippen MR) is 130 cm³/mol. The van der Waals surface area contributed by atoms with Gasteiger partial charge in [-0.2, -0.15) is 0 Å². The fraction of sp³-hybridized carbons (Fsp3) is 0.793. The topological polar surface area (TPSA) is 51.2 Å². The summed E-state index contributed by atoms with van der Waals surface area (Å²) in [5.41, 5.74) is 2.57. The summed E-state index contributed by atoms with van der Waals surface area (Å²) in [5, 5.41) is 11.6. The number of hydrogen-bond donors (Lipinski definition) is 1. The molecule has 1 aromatic rings. The quantitative estimate of drug-likeness (QED) is 0.647. The minimum atomic E-state index is -0.447. The summed E-state index contributed by atoms with van der Waals surface area (Å²) in [6.07, 6.45) is 8.65. The standard InChI is InChI=1S/C29H41NO4/c1-17(2)13-21(31)20-15-27-9-10-29(20,33-4)26-28(27)11-12-30(16-18-5-6-18)23(27)14-19-7-8-22(32-3)25(34-26)24(19)28/h7-8,17-18,20-21,23,26,31H,5-6,9-16H2,1-4H3/t20-,21-,23-,26-,27-,28+,29-/m1/s1. The molecule has 5 heteroatoms. The summed E-state index contributed by atoms with van der Waals surface area (Å²) in [6, 6.07) is 4.97. The van der Waals surface area contributed by atoms with E-state index >= 15 is 0 Å². The number of hydrogen-bond acceptors (Lipinski definition) is 5. The molecule has 186 valence electrons. The zero-order chi connectivity index (χ0) is 23.5. The van der Waals surface area contributed by atoms with Crippen molar-refractivity contribution in [3.05, 3.63) is 23.3 Å². The van der Waals surface area contributed by atoms with Gasteiger partial charge in [-0.3, -0.25) is 4.90 Å². The van der Waals surface area contributed by atoms with E-state index in [1.54, 1.807) is 7.11 Å². The number of benzene rings is 1. The van der Waals surface area contributed by atoms with Crippen molar-refractivity contribution in [3.8, 4) is 11.5 Å². The number of nitrogens with zero attached hydrogens (tertiary/aromatic N) is 1. The average molecular weight is 468 g/mol. The molecular weight excluding hydrogens is 426 g/mol. The fourth-order valence-electron chi connectivity index (χ4n) is 9.70. The molecule has 1 aromatic carbocycles. The molecule has 0 unspecified atom stereocenters. The second-order valence-corrected chi connectivity index (χ2v) is 12.8. The minimum Gasteiger partial charge on any atom is -0.493 e. The highest BCUT2D eigenvalue weighted by Gasteiger charge is 2.81. The first-order valence-corrected chi connectivity index (χ1v) is 13.7. The van der Waals surface area contributed by atoms with Gasteiger partial charge in [0.2, 0.25) is 0 Å². The number of fused-ring (bicyclic) bond motifs is 2. The SMILES string of the molecule is COc1ccc2c3c1O[C@H]1[C@@]4(OC)CC[C@@]5(C[C@@H]4[C@H](O)CC(C)C)[C@@H](C2)N(CC2CC2)CC[C@]315. The molecule has 4 saturated carbocycles. The molecule has 8 rings (SSSR count). The highest BCUT2D eigenvalue weighted by atomic mass is 16.6. The van der Waals surface area contributed by atoms with E-state index in [4.69, 9.17) is 14.2 Å². The smallest absolute Gasteiger partial charge is 0.165 e. The Labute approximate surface area is 204 Å². The van der Waals surface area contributed by atoms with Crippen LogP contribution in [0.25, 0.3) is 0 Å². The number of methoxy groups -OCH3 is 2. The first-order valence-electron chi connectivity index (χ1n) is 13.7. The fourth-order valence-corrected chi connectivity index (χ4v) is 9.70. The molecule has 1 saturated heterocycles. The summed E-state index contributed by atoms with van der Waals surface area (Å²) >= 11 is 0. The van der Waals surface area contributed by atoms with E-state index < -0.39 is 5.60 Å². The van der Waals surface area contributed by atoms with E-state index in [1.165, 1.54) is 36.9 Å². The Morgan fingerprint density at radius 1 is 1.18 bits per heavy atom. The van der Waals surface area contributed by atoms with E-state index in [1.807, 2.05) is 7.11 Å². The Hall–Kier alpha value is -1.30. The van der Waals surface area contributed by atoms with Crippen molar-refractivity contribution in [2.24, 2.45) is 23.2 Å². The van der Waals surface area contributed by atoms with Gasteiger partial charge < -0.3 is 19.3 Å². The molecule has 5 nitrogen and oxygen atoms in total. The molecule has 5 fully saturated rings. The van der Waals surface area contributed by atoms with Crippen LogP contribution in [0.1, 0.15) is 69.9 Å². The largest absolute Gasteiger partial charge is 0.493 e. The minimum absolute atomic E-state index is 0.0303. The monoisotopic (exact) mass is 467 g/mol. The van der Waals surface area contributed by atoms with Crippen molar-refractivity contribution in [1.82, 2.24) is 4.90 Å². The Morgan fingerprint density at radius 2 is 2.00 bits per heavy atom. The van der Waals surface area contributed by atoms with Gasteiger partial charge in [0.1, 0.15) is 11.7 Å². The van der Waals surface area contributed by atoms with Crippen LogP contribution in [-0.2, 0) is 16.6 Å². The van der Waals surface area contributed by atoms with E-state index in [9.17, 15) is 5.11 Å². The van der Waals surface area contributed by atoms with Crippen LogP contribution >= 0.6 is 0 Å². The summed E-state index contributed by atoms with van der Waals surface area (Å²) < 4.78 is 19.5. The van der Waals surface area contributed by atoms with Crippen molar-refractivity contribution in [2.45, 2.75) is 94.5 Å². The highest BCUT2D eigenvalue weighted by molar-refractivity contribution is 5.63. The molecule has 0 radical (unpaired) electrons. The Balaban J connectivity index is 1.43. The zero-order valence-corrected chi connectivity index (χ0v) is 21.3. The number of aliphatic hydroxyl groups is 1. The zero-order valence-electron chi connectivity index (χ0n) is 21.3. The molecule has 4 bridgehead atoms. The van der Waals surface area contributed by atoms with Gasteiger partial charge in [0.25, 0.3) is 0 Å². The number of likely N-dealkylation sites (tertiary alicyclic amines) is 1. The maximum absolute atomic E-state index is 11.6. The lowest BCUT2D eigenvalue weighted by molar-refractivity contribution is -0.290. The Kier molecular flexibility index (Phi) is 4.61. The second kappa shape index (κ2) is 7.14. The normalized spacial score (nSPS) is 42.5. The van der Waals surface area contributed by atoms with Crippen molar-refractivity contribution in [3.63, 3.8) is 0 Å². The highest BCUT2D eigenvalue weighted by Crippen LogP contribution is 2.77. The van der Waals surface area contributed by atoms with Gasteiger partial charge in [-0.05, 0) is 81.4 Å². The van der Waals surface area contributed by atoms with E-state index in [0.717, 1.165) is 56.1 Å². The van der Waals surface area contributed by atoms with Gasteiger partial charge in [-0.25, -0.2) is 0 Å². The first kappa shape index (κ1) is 21.9. The molecular formula is C29H41NO4. The van der Waals surface area contributed by atoms with Crippen molar-refractivity contribution >= 4 is 0 Å². The van der Waals surface area contributed by atoms with Crippen LogP contribution in [0.4, 0.5) is 0 Å². The molecule has 7 aliphatic rings. The molecule has 34 heavy (non-hydrogen) atoms. The van der Waals surface area contributed by atoms with E-state index in [2.05, 4.69) is 30.9 Å². The maximum atomic E-state index is 11.6. The van der Waals surface area contributed by atoms with E-state index in [0.29, 0.717) is 12.0 Å². The maximum Gasteiger partial charge on any atom is 0.165 e. The van der Waals surface area contributed by atoms with Gasteiger partial charge in [-0.15, -0.1) is 0 Å². The third kappa shape index (κ3) is 2.47. The van der Waals surface area contributed by atoms with Gasteiger partial charge in [0, 0.05) is 42.0 Å². The van der Waals surface area contributed by atoms with Crippen LogP contribution in [-0.4, -0.2) is 61.2 Å². The molecule has 2 heterocycles. The molecule has 7 atom stereocenters. The molecule has 1 N–H and O–H groups in total. The van der Waals surface area contributed by atoms with Crippen LogP contribution in [0.3, 0.4) is 0 Å². The van der Waals surface area contributed by atoms with Gasteiger partial charge in [-0.1, -0.05) is 19.9 Å². The molecule has 2 aliphatic heterocycles. The lowest BCUT2D eigenvalue weighted by atomic mass is 9.34. The molecule has 0 amide bonds. The molecule has 2 spiro atoms. The number of ether oxygens (including phenoxy) is 3. The van der Waals surface area contributed by atoms with Gasteiger partial charge >= 0.3 is 0 Å². The Morgan fingerprint density at radius 3 is 2.71 bits per heavy atom. The van der Waals surface area contributed by atoms with Crippen LogP contribution in [0.5, 0.6) is 11.5 Å². The summed E-state index contributed by atoms with van der Waals surface area (Å²) in [6.45, 7) is 6.84. The number of rotatable bonds is 7. The third-order valence-corrected chi connectivity index (χ3v) is 11.1. The summed E-state index contributed by atoms with van der Waals surface area (Å²) in [4.78, 5) is 2.86. The van der Waals surface area contributed by atoms with Crippen molar-refractivity contribution in [2.75, 3.05) is 27.3 Å². The van der Waals surface area contributed by atoms with Crippen LogP contribution in [0.15, 0.2) is 12.1 Å². The number of aliphatic hydroxyl groups excluding tert-OH is 1. The number of piperidine rings is 1. The molecule has 5 aliphatic carbocycles. The first-order chi connectivity index (χ1) is 16.4. The van der Waals surface area contributed by atoms with Gasteiger partial charge in [0.15, 0.2) is 11.5 Å². The van der Waals surface area contributed by atoms with E-state index in [-0.39, 0.29) is 29.0 Å². The summed E-state index contributed by atoms with van der Waals surface area (Å²) in [7, 11) is 3.63. The third-order valence-electron chi connectivity index (χ3n) is 11.1. The van der Waals surface area contributed by atoms with Gasteiger partial charge in [0.05, 0.1) is 13.2 Å².